The van der Waals surface area contributed by atoms with Gasteiger partial charge in [-0.15, -0.1) is 0 Å². The minimum atomic E-state index is -0.892. The first-order valence-corrected chi connectivity index (χ1v) is 13.5. The molecule has 4 atom stereocenters. The van der Waals surface area contributed by atoms with Crippen LogP contribution in [0.1, 0.15) is 59.9 Å². The quantitative estimate of drug-likeness (QED) is 0.398. The number of nitrogens with one attached hydrogen (secondary N) is 2. The molecule has 0 saturated carbocycles. The Hall–Kier alpha value is -2.72. The number of ether oxygens (including phenoxy) is 2. The summed E-state index contributed by atoms with van der Waals surface area (Å²) in [5.41, 5.74) is 0.346. The molecule has 1 aromatic rings. The van der Waals surface area contributed by atoms with Gasteiger partial charge in [-0.3, -0.25) is 14.5 Å². The van der Waals surface area contributed by atoms with E-state index in [2.05, 4.69) is 10.6 Å². The highest BCUT2D eigenvalue weighted by atomic mass is 19.1. The maximum Gasteiger partial charge on any atom is 0.410 e. The highest BCUT2D eigenvalue weighted by molar-refractivity contribution is 5.91. The number of rotatable bonds is 12. The lowest BCUT2D eigenvalue weighted by molar-refractivity contribution is -0.142. The molecule has 0 unspecified atom stereocenters. The van der Waals surface area contributed by atoms with Crippen molar-refractivity contribution in [1.82, 2.24) is 20.4 Å². The summed E-state index contributed by atoms with van der Waals surface area (Å²) in [4.78, 5) is 42.3. The Morgan fingerprint density at radius 2 is 1.84 bits per heavy atom. The van der Waals surface area contributed by atoms with Gasteiger partial charge in [0.05, 0.1) is 6.10 Å². The standard InChI is InChI=1S/C28H45FN4O5/c1-8-37-20(3)24(31-25(34)19(2)32(7)27(36)38-28(4,5)6)26(35)33-17-9-10-23(33)18-30-16-15-21-11-13-22(29)14-12-21/h11-14,19-20,23-24,30H,8-10,15-18H2,1-7H3,(H,31,34)/t19-,20+,23-,24-/m0/s1. The van der Waals surface area contributed by atoms with Gasteiger partial charge in [-0.25, -0.2) is 9.18 Å². The van der Waals surface area contributed by atoms with Crippen LogP contribution < -0.4 is 10.6 Å². The fourth-order valence-electron chi connectivity index (χ4n) is 4.35. The Morgan fingerprint density at radius 1 is 1.18 bits per heavy atom. The summed E-state index contributed by atoms with van der Waals surface area (Å²) >= 11 is 0. The summed E-state index contributed by atoms with van der Waals surface area (Å²) in [6.07, 6.45) is 1.31. The first-order chi connectivity index (χ1) is 17.8. The Balaban J connectivity index is 2.01. The Labute approximate surface area is 226 Å². The number of amides is 3. The van der Waals surface area contributed by atoms with Gasteiger partial charge in [0.1, 0.15) is 23.5 Å². The smallest absolute Gasteiger partial charge is 0.410 e. The van der Waals surface area contributed by atoms with Crippen molar-refractivity contribution in [3.05, 3.63) is 35.6 Å². The largest absolute Gasteiger partial charge is 0.444 e. The van der Waals surface area contributed by atoms with Crippen molar-refractivity contribution in [3.63, 3.8) is 0 Å². The van der Waals surface area contributed by atoms with Crippen LogP contribution in [0.2, 0.25) is 0 Å². The molecule has 1 saturated heterocycles. The molecule has 1 fully saturated rings. The minimum Gasteiger partial charge on any atom is -0.444 e. The average molecular weight is 537 g/mol. The fraction of sp³-hybridized carbons (Fsp3) is 0.679. The fourth-order valence-corrected chi connectivity index (χ4v) is 4.35. The van der Waals surface area contributed by atoms with Gasteiger partial charge in [0.2, 0.25) is 11.8 Å². The number of likely N-dealkylation sites (tertiary alicyclic amines) is 1. The molecule has 1 aromatic carbocycles. The van der Waals surface area contributed by atoms with E-state index in [1.165, 1.54) is 24.1 Å². The molecule has 214 valence electrons. The topological polar surface area (TPSA) is 100 Å². The van der Waals surface area contributed by atoms with E-state index >= 15 is 0 Å². The third-order valence-electron chi connectivity index (χ3n) is 6.65. The summed E-state index contributed by atoms with van der Waals surface area (Å²) in [7, 11) is 1.50. The van der Waals surface area contributed by atoms with E-state index < -0.39 is 35.8 Å². The number of carbonyl (C=O) groups excluding carboxylic acids is 3. The van der Waals surface area contributed by atoms with Crippen molar-refractivity contribution in [2.75, 3.05) is 33.3 Å². The number of hydrogen-bond donors (Lipinski definition) is 2. The molecule has 2 N–H and O–H groups in total. The molecule has 0 aromatic heterocycles. The van der Waals surface area contributed by atoms with Crippen LogP contribution in [-0.4, -0.2) is 90.8 Å². The van der Waals surface area contributed by atoms with Gasteiger partial charge in [0.15, 0.2) is 0 Å². The molecule has 1 heterocycles. The first-order valence-electron chi connectivity index (χ1n) is 13.5. The van der Waals surface area contributed by atoms with E-state index in [1.807, 2.05) is 11.8 Å². The molecule has 3 amide bonds. The van der Waals surface area contributed by atoms with Gasteiger partial charge in [-0.1, -0.05) is 12.1 Å². The van der Waals surface area contributed by atoms with Crippen LogP contribution in [0, 0.1) is 5.82 Å². The van der Waals surface area contributed by atoms with Gasteiger partial charge >= 0.3 is 6.09 Å². The van der Waals surface area contributed by atoms with Crippen molar-refractivity contribution >= 4 is 17.9 Å². The summed E-state index contributed by atoms with van der Waals surface area (Å²) < 4.78 is 24.2. The highest BCUT2D eigenvalue weighted by Gasteiger charge is 2.38. The second kappa shape index (κ2) is 14.4. The first kappa shape index (κ1) is 31.5. The van der Waals surface area contributed by atoms with Crippen LogP contribution in [0.5, 0.6) is 0 Å². The van der Waals surface area contributed by atoms with E-state index in [4.69, 9.17) is 9.47 Å². The Bertz CT molecular complexity index is 921. The van der Waals surface area contributed by atoms with Gasteiger partial charge in [-0.05, 0) is 85.0 Å². The van der Waals surface area contributed by atoms with E-state index in [9.17, 15) is 18.8 Å². The number of benzene rings is 1. The van der Waals surface area contributed by atoms with Crippen molar-refractivity contribution in [1.29, 1.82) is 0 Å². The third-order valence-corrected chi connectivity index (χ3v) is 6.65. The zero-order chi connectivity index (χ0) is 28.5. The molecule has 2 rings (SSSR count). The van der Waals surface area contributed by atoms with Crippen molar-refractivity contribution in [2.45, 2.75) is 90.6 Å². The summed E-state index contributed by atoms with van der Waals surface area (Å²) in [6.45, 7) is 12.8. The Kier molecular flexibility index (Phi) is 12.0. The van der Waals surface area contributed by atoms with E-state index in [1.54, 1.807) is 46.8 Å². The van der Waals surface area contributed by atoms with Crippen molar-refractivity contribution in [2.24, 2.45) is 0 Å². The summed E-state index contributed by atoms with van der Waals surface area (Å²) in [5.74, 6) is -0.915. The lowest BCUT2D eigenvalue weighted by atomic mass is 10.1. The predicted octanol–water partition coefficient (Wildman–Crippen LogP) is 3.11. The van der Waals surface area contributed by atoms with E-state index in [-0.39, 0.29) is 17.8 Å². The van der Waals surface area contributed by atoms with Crippen LogP contribution in [0.4, 0.5) is 9.18 Å². The zero-order valence-electron chi connectivity index (χ0n) is 23.9. The van der Waals surface area contributed by atoms with Gasteiger partial charge in [0.25, 0.3) is 0 Å². The number of hydrogen-bond acceptors (Lipinski definition) is 6. The van der Waals surface area contributed by atoms with Crippen LogP contribution in [0.15, 0.2) is 24.3 Å². The van der Waals surface area contributed by atoms with Crippen LogP contribution in [-0.2, 0) is 25.5 Å². The molecule has 1 aliphatic rings. The maximum atomic E-state index is 13.7. The predicted molar refractivity (Wildman–Crippen MR) is 144 cm³/mol. The monoisotopic (exact) mass is 536 g/mol. The van der Waals surface area contributed by atoms with Gasteiger partial charge < -0.3 is 25.0 Å². The molecule has 0 spiro atoms. The van der Waals surface area contributed by atoms with Crippen LogP contribution in [0.25, 0.3) is 0 Å². The molecule has 10 heteroatoms. The summed E-state index contributed by atoms with van der Waals surface area (Å²) in [5, 5.41) is 6.24. The van der Waals surface area contributed by atoms with Gasteiger partial charge in [0, 0.05) is 32.8 Å². The molecule has 9 nitrogen and oxygen atoms in total. The number of nitrogens with zero attached hydrogens (tertiary/aromatic N) is 2. The van der Waals surface area contributed by atoms with Gasteiger partial charge in [-0.2, -0.15) is 0 Å². The normalized spacial score (nSPS) is 18.0. The molecular formula is C28H45FN4O5. The number of carbonyl (C=O) groups is 3. The maximum absolute atomic E-state index is 13.7. The third kappa shape index (κ3) is 9.54. The SMILES string of the molecule is CCO[C@H](C)[C@H](NC(=O)[C@H](C)N(C)C(=O)OC(C)(C)C)C(=O)N1CCC[C@H]1CNCCc1ccc(F)cc1. The van der Waals surface area contributed by atoms with Crippen molar-refractivity contribution < 1.29 is 28.2 Å². The van der Waals surface area contributed by atoms with E-state index in [0.717, 1.165) is 24.8 Å². The second-order valence-corrected chi connectivity index (χ2v) is 10.8. The average Bonchev–Trinajstić information content (AvgIpc) is 3.32. The number of halogens is 1. The van der Waals surface area contributed by atoms with E-state index in [0.29, 0.717) is 26.2 Å². The van der Waals surface area contributed by atoms with Crippen molar-refractivity contribution in [3.8, 4) is 0 Å². The number of likely N-dealkylation sites (N-methyl/N-ethyl adjacent to an activating group) is 1. The lowest BCUT2D eigenvalue weighted by Gasteiger charge is -2.34. The lowest BCUT2D eigenvalue weighted by Crippen LogP contribution is -2.59. The molecule has 0 aliphatic carbocycles. The zero-order valence-corrected chi connectivity index (χ0v) is 23.9. The minimum absolute atomic E-state index is 0.00851. The van der Waals surface area contributed by atoms with Crippen LogP contribution in [0.3, 0.4) is 0 Å². The second-order valence-electron chi connectivity index (χ2n) is 10.8. The van der Waals surface area contributed by atoms with Crippen LogP contribution >= 0.6 is 0 Å². The Morgan fingerprint density at radius 3 is 2.45 bits per heavy atom. The molecular weight excluding hydrogens is 491 g/mol. The highest BCUT2D eigenvalue weighted by Crippen LogP contribution is 2.20. The molecule has 1 aliphatic heterocycles. The molecule has 38 heavy (non-hydrogen) atoms. The molecule has 0 bridgehead atoms. The molecule has 0 radical (unpaired) electrons. The summed E-state index contributed by atoms with van der Waals surface area (Å²) in [6, 6.07) is 4.69.